The van der Waals surface area contributed by atoms with Crippen LogP contribution in [0.1, 0.15) is 18.5 Å². The van der Waals surface area contributed by atoms with Crippen LogP contribution in [-0.2, 0) is 4.74 Å². The predicted molar refractivity (Wildman–Crippen MR) is 70.1 cm³/mol. The Labute approximate surface area is 110 Å². The lowest BCUT2D eigenvalue weighted by Gasteiger charge is -2.16. The monoisotopic (exact) mass is 303 g/mol. The van der Waals surface area contributed by atoms with Crippen LogP contribution in [0.4, 0.5) is 0 Å². The molecule has 4 nitrogen and oxygen atoms in total. The molecule has 1 aromatic rings. The summed E-state index contributed by atoms with van der Waals surface area (Å²) in [5.41, 5.74) is 6.77. The molecule has 1 unspecified atom stereocenters. The lowest BCUT2D eigenvalue weighted by molar-refractivity contribution is 0.0322. The summed E-state index contributed by atoms with van der Waals surface area (Å²) in [7, 11) is 1.54. The van der Waals surface area contributed by atoms with Crippen molar-refractivity contribution in [1.82, 2.24) is 0 Å². The molecule has 3 N–H and O–H groups in total. The van der Waals surface area contributed by atoms with E-state index >= 15 is 0 Å². The molecule has 0 saturated heterocycles. The fourth-order valence-corrected chi connectivity index (χ4v) is 1.81. The molecule has 5 heteroatoms. The summed E-state index contributed by atoms with van der Waals surface area (Å²) in [5.74, 6) is 0.693. The SMILES string of the molecule is COCC(O)COc1ccc(Br)cc1[C@@H](C)N. The summed E-state index contributed by atoms with van der Waals surface area (Å²) in [5, 5.41) is 9.50. The van der Waals surface area contributed by atoms with Crippen LogP contribution in [0.5, 0.6) is 5.75 Å². The topological polar surface area (TPSA) is 64.7 Å². The van der Waals surface area contributed by atoms with Crippen molar-refractivity contribution in [3.05, 3.63) is 28.2 Å². The third kappa shape index (κ3) is 4.63. The van der Waals surface area contributed by atoms with Gasteiger partial charge in [-0.05, 0) is 25.1 Å². The normalized spacial score (nSPS) is 14.4. The third-order valence-corrected chi connectivity index (χ3v) is 2.75. The molecule has 0 aliphatic rings. The first kappa shape index (κ1) is 14.4. The molecular formula is C12H18BrNO3. The second-order valence-electron chi connectivity index (χ2n) is 3.89. The van der Waals surface area contributed by atoms with Gasteiger partial charge in [0.1, 0.15) is 18.5 Å². The second-order valence-corrected chi connectivity index (χ2v) is 4.81. The zero-order chi connectivity index (χ0) is 12.8. The van der Waals surface area contributed by atoms with Crippen molar-refractivity contribution >= 4 is 15.9 Å². The number of ether oxygens (including phenoxy) is 2. The number of methoxy groups -OCH3 is 1. The zero-order valence-electron chi connectivity index (χ0n) is 10.0. The number of hydrogen-bond acceptors (Lipinski definition) is 4. The minimum atomic E-state index is -0.635. The lowest BCUT2D eigenvalue weighted by Crippen LogP contribution is -2.23. The standard InChI is InChI=1S/C12H18BrNO3/c1-8(14)11-5-9(13)3-4-12(11)17-7-10(15)6-16-2/h3-5,8,10,15H,6-7,14H2,1-2H3/t8-,10?/m1/s1. The van der Waals surface area contributed by atoms with E-state index in [1.165, 1.54) is 7.11 Å². The van der Waals surface area contributed by atoms with Crippen LogP contribution in [0.2, 0.25) is 0 Å². The number of rotatable bonds is 6. The van der Waals surface area contributed by atoms with Crippen molar-refractivity contribution in [1.29, 1.82) is 0 Å². The van der Waals surface area contributed by atoms with E-state index in [-0.39, 0.29) is 19.3 Å². The van der Waals surface area contributed by atoms with Gasteiger partial charge in [-0.2, -0.15) is 0 Å². The summed E-state index contributed by atoms with van der Waals surface area (Å²) in [6, 6.07) is 5.51. The Morgan fingerprint density at radius 1 is 1.41 bits per heavy atom. The van der Waals surface area contributed by atoms with Crippen molar-refractivity contribution in [3.63, 3.8) is 0 Å². The number of aliphatic hydroxyl groups is 1. The van der Waals surface area contributed by atoms with Gasteiger partial charge in [0, 0.05) is 23.2 Å². The van der Waals surface area contributed by atoms with E-state index in [2.05, 4.69) is 15.9 Å². The molecule has 2 atom stereocenters. The maximum atomic E-state index is 9.50. The highest BCUT2D eigenvalue weighted by Crippen LogP contribution is 2.27. The van der Waals surface area contributed by atoms with Crippen LogP contribution in [0.3, 0.4) is 0 Å². The average Bonchev–Trinajstić information content (AvgIpc) is 2.27. The van der Waals surface area contributed by atoms with E-state index < -0.39 is 6.10 Å². The number of hydrogen-bond donors (Lipinski definition) is 2. The van der Waals surface area contributed by atoms with Gasteiger partial charge in [0.2, 0.25) is 0 Å². The Morgan fingerprint density at radius 2 is 2.12 bits per heavy atom. The summed E-state index contributed by atoms with van der Waals surface area (Å²) >= 11 is 3.39. The second kappa shape index (κ2) is 6.96. The molecule has 0 radical (unpaired) electrons. The van der Waals surface area contributed by atoms with Crippen LogP contribution in [0.15, 0.2) is 22.7 Å². The smallest absolute Gasteiger partial charge is 0.124 e. The van der Waals surface area contributed by atoms with Crippen LogP contribution >= 0.6 is 15.9 Å². The van der Waals surface area contributed by atoms with Gasteiger partial charge in [0.05, 0.1) is 6.61 Å². The fourth-order valence-electron chi connectivity index (χ4n) is 1.43. The Bertz CT molecular complexity index is 358. The minimum absolute atomic E-state index is 0.123. The van der Waals surface area contributed by atoms with Crippen LogP contribution in [0, 0.1) is 0 Å². The Balaban J connectivity index is 2.70. The van der Waals surface area contributed by atoms with Gasteiger partial charge in [0.15, 0.2) is 0 Å². The van der Waals surface area contributed by atoms with E-state index in [0.29, 0.717) is 5.75 Å². The molecule has 0 bridgehead atoms. The predicted octanol–water partition coefficient (Wildman–Crippen LogP) is 1.85. The van der Waals surface area contributed by atoms with Gasteiger partial charge < -0.3 is 20.3 Å². The molecule has 1 rings (SSSR count). The molecule has 0 aliphatic carbocycles. The highest BCUT2D eigenvalue weighted by atomic mass is 79.9. The minimum Gasteiger partial charge on any atom is -0.490 e. The molecule has 0 saturated carbocycles. The summed E-state index contributed by atoms with van der Waals surface area (Å²) in [4.78, 5) is 0. The number of benzene rings is 1. The number of halogens is 1. The lowest BCUT2D eigenvalue weighted by atomic mass is 10.1. The van der Waals surface area contributed by atoms with E-state index in [4.69, 9.17) is 15.2 Å². The number of aliphatic hydroxyl groups excluding tert-OH is 1. The van der Waals surface area contributed by atoms with E-state index in [1.54, 1.807) is 0 Å². The van der Waals surface area contributed by atoms with E-state index in [1.807, 2.05) is 25.1 Å². The molecule has 0 amide bonds. The maximum absolute atomic E-state index is 9.50. The zero-order valence-corrected chi connectivity index (χ0v) is 11.6. The molecular weight excluding hydrogens is 286 g/mol. The van der Waals surface area contributed by atoms with Crippen molar-refractivity contribution in [2.75, 3.05) is 20.3 Å². The molecule has 0 aromatic heterocycles. The van der Waals surface area contributed by atoms with E-state index in [0.717, 1.165) is 10.0 Å². The highest BCUT2D eigenvalue weighted by molar-refractivity contribution is 9.10. The molecule has 0 spiro atoms. The quantitative estimate of drug-likeness (QED) is 0.842. The number of nitrogens with two attached hydrogens (primary N) is 1. The molecule has 1 aromatic carbocycles. The third-order valence-electron chi connectivity index (χ3n) is 2.25. The van der Waals surface area contributed by atoms with Crippen LogP contribution < -0.4 is 10.5 Å². The maximum Gasteiger partial charge on any atom is 0.124 e. The summed E-state index contributed by atoms with van der Waals surface area (Å²) < 4.78 is 11.3. The molecule has 17 heavy (non-hydrogen) atoms. The van der Waals surface area contributed by atoms with Gasteiger partial charge in [-0.25, -0.2) is 0 Å². The van der Waals surface area contributed by atoms with Gasteiger partial charge in [-0.1, -0.05) is 15.9 Å². The van der Waals surface area contributed by atoms with Crippen LogP contribution in [-0.4, -0.2) is 31.5 Å². The molecule has 0 heterocycles. The largest absolute Gasteiger partial charge is 0.490 e. The van der Waals surface area contributed by atoms with Crippen molar-refractivity contribution < 1.29 is 14.6 Å². The van der Waals surface area contributed by atoms with Crippen molar-refractivity contribution in [2.45, 2.75) is 19.1 Å². The average molecular weight is 304 g/mol. The first-order chi connectivity index (χ1) is 8.04. The first-order valence-corrected chi connectivity index (χ1v) is 6.18. The fraction of sp³-hybridized carbons (Fsp3) is 0.500. The van der Waals surface area contributed by atoms with Gasteiger partial charge in [-0.15, -0.1) is 0 Å². The molecule has 0 fully saturated rings. The summed E-state index contributed by atoms with van der Waals surface area (Å²) in [6.45, 7) is 2.33. The summed E-state index contributed by atoms with van der Waals surface area (Å²) in [6.07, 6.45) is -0.635. The van der Waals surface area contributed by atoms with Crippen molar-refractivity contribution in [2.24, 2.45) is 5.73 Å². The molecule has 96 valence electrons. The van der Waals surface area contributed by atoms with Crippen LogP contribution in [0.25, 0.3) is 0 Å². The van der Waals surface area contributed by atoms with Crippen molar-refractivity contribution in [3.8, 4) is 5.75 Å². The Morgan fingerprint density at radius 3 is 2.71 bits per heavy atom. The van der Waals surface area contributed by atoms with E-state index in [9.17, 15) is 5.11 Å². The first-order valence-electron chi connectivity index (χ1n) is 5.39. The highest BCUT2D eigenvalue weighted by Gasteiger charge is 2.11. The molecule has 0 aliphatic heterocycles. The van der Waals surface area contributed by atoms with Gasteiger partial charge >= 0.3 is 0 Å². The Hall–Kier alpha value is -0.620. The van der Waals surface area contributed by atoms with Gasteiger partial charge in [0.25, 0.3) is 0 Å². The van der Waals surface area contributed by atoms with Gasteiger partial charge in [-0.3, -0.25) is 0 Å². The Kier molecular flexibility index (Phi) is 5.91.